The quantitative estimate of drug-likeness (QED) is 0.486. The van der Waals surface area contributed by atoms with Crippen molar-refractivity contribution < 1.29 is 0 Å². The van der Waals surface area contributed by atoms with Crippen LogP contribution in [0.2, 0.25) is 0 Å². The molecule has 2 atom stereocenters. The van der Waals surface area contributed by atoms with Gasteiger partial charge in [0.25, 0.3) is 0 Å². The molecule has 0 unspecified atom stereocenters. The zero-order valence-electron chi connectivity index (χ0n) is 6.98. The maximum Gasteiger partial charge on any atom is -0.00642 e. The van der Waals surface area contributed by atoms with Crippen molar-refractivity contribution >= 4 is 0 Å². The number of hydrogen-bond acceptors (Lipinski definition) is 0. The van der Waals surface area contributed by atoms with Crippen molar-refractivity contribution in [3.8, 4) is 0 Å². The molecule has 0 aliphatic heterocycles. The molecule has 0 nitrogen and oxygen atoms in total. The Morgan fingerprint density at radius 1 is 1.50 bits per heavy atom. The third kappa shape index (κ3) is 0.426. The molecule has 3 rings (SSSR count). The van der Waals surface area contributed by atoms with Gasteiger partial charge in [-0.3, -0.25) is 0 Å². The van der Waals surface area contributed by atoms with Gasteiger partial charge in [-0.25, -0.2) is 0 Å². The summed E-state index contributed by atoms with van der Waals surface area (Å²) in [6, 6.07) is 0. The normalized spacial score (nSPS) is 48.4. The first kappa shape index (κ1) is 6.45. The lowest BCUT2D eigenvalue weighted by Crippen LogP contribution is -2.46. The molecule has 0 N–H and O–H groups in total. The number of rotatable bonds is 1. The maximum absolute atomic E-state index is 3.95. The standard InChI is InChI=1S/C10H16/c1-4-10-6-5-8(7-10)9(10,2)3/h4,8H,1,5-7H2,2-3H3/t8-,10+/m1/s1. The Hall–Kier alpha value is -0.260. The molecule has 0 aromatic rings. The highest BCUT2D eigenvalue weighted by molar-refractivity contribution is 5.19. The van der Waals surface area contributed by atoms with Crippen molar-refractivity contribution in [3.05, 3.63) is 12.7 Å². The second kappa shape index (κ2) is 1.49. The Kier molecular flexibility index (Phi) is 0.962. The van der Waals surface area contributed by atoms with E-state index in [0.717, 1.165) is 5.92 Å². The zero-order chi connectivity index (χ0) is 7.41. The Morgan fingerprint density at radius 3 is 2.40 bits per heavy atom. The molecule has 0 aromatic heterocycles. The van der Waals surface area contributed by atoms with Gasteiger partial charge in [-0.05, 0) is 36.0 Å². The smallest absolute Gasteiger partial charge is 0.00642 e. The summed E-state index contributed by atoms with van der Waals surface area (Å²) in [5.74, 6) is 1.01. The van der Waals surface area contributed by atoms with Crippen molar-refractivity contribution in [1.29, 1.82) is 0 Å². The molecule has 0 radical (unpaired) electrons. The average molecular weight is 136 g/mol. The molecule has 0 amide bonds. The molecule has 0 aromatic carbocycles. The van der Waals surface area contributed by atoms with E-state index in [9.17, 15) is 0 Å². The van der Waals surface area contributed by atoms with E-state index in [1.54, 1.807) is 0 Å². The van der Waals surface area contributed by atoms with Gasteiger partial charge in [0.15, 0.2) is 0 Å². The van der Waals surface area contributed by atoms with E-state index in [-0.39, 0.29) is 0 Å². The second-order valence-electron chi connectivity index (χ2n) is 4.52. The second-order valence-corrected chi connectivity index (χ2v) is 4.52. The minimum absolute atomic E-state index is 0.539. The van der Waals surface area contributed by atoms with Crippen LogP contribution in [-0.2, 0) is 0 Å². The van der Waals surface area contributed by atoms with E-state index in [1.807, 2.05) is 0 Å². The summed E-state index contributed by atoms with van der Waals surface area (Å²) in [6.07, 6.45) is 6.47. The molecule has 3 aliphatic carbocycles. The van der Waals surface area contributed by atoms with Gasteiger partial charge in [0.1, 0.15) is 0 Å². The minimum Gasteiger partial charge on any atom is -0.103 e. The first-order valence-electron chi connectivity index (χ1n) is 4.26. The first-order chi connectivity index (χ1) is 4.62. The van der Waals surface area contributed by atoms with Crippen molar-refractivity contribution in [2.75, 3.05) is 0 Å². The SMILES string of the molecule is C=C[C@]12CC[C@H](C1)C2(C)C. The Bertz CT molecular complexity index is 174. The van der Waals surface area contributed by atoms with E-state index in [2.05, 4.69) is 26.5 Å². The lowest BCUT2D eigenvalue weighted by molar-refractivity contribution is -0.0139. The monoisotopic (exact) mass is 136 g/mol. The van der Waals surface area contributed by atoms with Gasteiger partial charge >= 0.3 is 0 Å². The summed E-state index contributed by atoms with van der Waals surface area (Å²) in [6.45, 7) is 8.75. The molecule has 0 heterocycles. The zero-order valence-corrected chi connectivity index (χ0v) is 6.98. The van der Waals surface area contributed by atoms with Crippen LogP contribution in [0.25, 0.3) is 0 Å². The maximum atomic E-state index is 3.95. The van der Waals surface area contributed by atoms with Gasteiger partial charge in [-0.2, -0.15) is 0 Å². The van der Waals surface area contributed by atoms with Crippen molar-refractivity contribution in [2.45, 2.75) is 33.1 Å². The molecule has 3 saturated carbocycles. The number of hydrogen-bond donors (Lipinski definition) is 0. The van der Waals surface area contributed by atoms with E-state index >= 15 is 0 Å². The highest BCUT2D eigenvalue weighted by Gasteiger charge is 2.62. The Labute approximate surface area is 63.3 Å². The van der Waals surface area contributed by atoms with Crippen LogP contribution in [0.4, 0.5) is 0 Å². The molecule has 3 aliphatic rings. The van der Waals surface area contributed by atoms with E-state index < -0.39 is 0 Å². The predicted octanol–water partition coefficient (Wildman–Crippen LogP) is 3.00. The lowest BCUT2D eigenvalue weighted by atomic mass is 9.51. The first-order valence-corrected chi connectivity index (χ1v) is 4.26. The van der Waals surface area contributed by atoms with Gasteiger partial charge in [0, 0.05) is 0 Å². The summed E-state index contributed by atoms with van der Waals surface area (Å²) in [5, 5.41) is 0. The minimum atomic E-state index is 0.539. The van der Waals surface area contributed by atoms with Crippen LogP contribution in [0.3, 0.4) is 0 Å². The molecule has 3 fully saturated rings. The Balaban J connectivity index is 2.35. The van der Waals surface area contributed by atoms with Crippen molar-refractivity contribution in [1.82, 2.24) is 0 Å². The van der Waals surface area contributed by atoms with E-state index in [0.29, 0.717) is 10.8 Å². The molecular formula is C10H16. The van der Waals surface area contributed by atoms with E-state index in [4.69, 9.17) is 0 Å². The van der Waals surface area contributed by atoms with Crippen molar-refractivity contribution in [3.63, 3.8) is 0 Å². The Morgan fingerprint density at radius 2 is 2.20 bits per heavy atom. The van der Waals surface area contributed by atoms with Gasteiger partial charge in [-0.15, -0.1) is 6.58 Å². The van der Waals surface area contributed by atoms with Crippen LogP contribution in [0.5, 0.6) is 0 Å². The lowest BCUT2D eigenvalue weighted by Gasteiger charge is -2.53. The van der Waals surface area contributed by atoms with Crippen LogP contribution < -0.4 is 0 Å². The number of allylic oxidation sites excluding steroid dienone is 1. The average Bonchev–Trinajstić information content (AvgIpc) is 2.41. The number of fused-ring (bicyclic) bond motifs is 1. The molecular weight excluding hydrogens is 120 g/mol. The molecule has 0 spiro atoms. The molecule has 0 heteroatoms. The van der Waals surface area contributed by atoms with Gasteiger partial charge in [0.2, 0.25) is 0 Å². The van der Waals surface area contributed by atoms with Gasteiger partial charge in [-0.1, -0.05) is 19.9 Å². The summed E-state index contributed by atoms with van der Waals surface area (Å²) in [7, 11) is 0. The van der Waals surface area contributed by atoms with Gasteiger partial charge in [0.05, 0.1) is 0 Å². The third-order valence-electron chi connectivity index (χ3n) is 4.24. The van der Waals surface area contributed by atoms with Crippen LogP contribution in [0.15, 0.2) is 12.7 Å². The fourth-order valence-electron chi connectivity index (χ4n) is 3.00. The van der Waals surface area contributed by atoms with Crippen LogP contribution in [0, 0.1) is 16.7 Å². The molecule has 0 saturated heterocycles. The fraction of sp³-hybridized carbons (Fsp3) is 0.800. The molecule has 10 heavy (non-hydrogen) atoms. The predicted molar refractivity (Wildman–Crippen MR) is 43.8 cm³/mol. The van der Waals surface area contributed by atoms with Crippen LogP contribution in [0.1, 0.15) is 33.1 Å². The summed E-state index contributed by atoms with van der Waals surface area (Å²) >= 11 is 0. The molecule has 56 valence electrons. The summed E-state index contributed by atoms with van der Waals surface area (Å²) in [5.41, 5.74) is 1.12. The summed E-state index contributed by atoms with van der Waals surface area (Å²) in [4.78, 5) is 0. The van der Waals surface area contributed by atoms with Crippen LogP contribution in [-0.4, -0.2) is 0 Å². The topological polar surface area (TPSA) is 0 Å². The van der Waals surface area contributed by atoms with Gasteiger partial charge < -0.3 is 0 Å². The highest BCUT2D eigenvalue weighted by Crippen LogP contribution is 2.71. The fourth-order valence-corrected chi connectivity index (χ4v) is 3.00. The van der Waals surface area contributed by atoms with Crippen LogP contribution >= 0.6 is 0 Å². The third-order valence-corrected chi connectivity index (χ3v) is 4.24. The highest BCUT2D eigenvalue weighted by atomic mass is 14.7. The summed E-state index contributed by atoms with van der Waals surface area (Å²) < 4.78 is 0. The van der Waals surface area contributed by atoms with Crippen molar-refractivity contribution in [2.24, 2.45) is 16.7 Å². The van der Waals surface area contributed by atoms with E-state index in [1.165, 1.54) is 19.3 Å². The molecule has 2 bridgehead atoms. The largest absolute Gasteiger partial charge is 0.103 e.